The molecule has 0 saturated carbocycles. The maximum absolute atomic E-state index is 5.99. The van der Waals surface area contributed by atoms with Crippen LogP contribution in [0.2, 0.25) is 0 Å². The number of ether oxygens (including phenoxy) is 3. The van der Waals surface area contributed by atoms with E-state index in [1.165, 1.54) is 0 Å². The van der Waals surface area contributed by atoms with Gasteiger partial charge in [-0.1, -0.05) is 19.1 Å². The van der Waals surface area contributed by atoms with Gasteiger partial charge >= 0.3 is 0 Å². The van der Waals surface area contributed by atoms with Crippen LogP contribution in [-0.2, 0) is 4.74 Å². The zero-order valence-corrected chi connectivity index (χ0v) is 13.4. The van der Waals surface area contributed by atoms with Crippen molar-refractivity contribution in [2.75, 3.05) is 47.5 Å². The van der Waals surface area contributed by atoms with Crippen molar-refractivity contribution in [3.8, 4) is 11.5 Å². The predicted molar refractivity (Wildman–Crippen MR) is 83.2 cm³/mol. The Morgan fingerprint density at radius 2 is 2.14 bits per heavy atom. The van der Waals surface area contributed by atoms with E-state index in [-0.39, 0.29) is 12.1 Å². The van der Waals surface area contributed by atoms with E-state index in [9.17, 15) is 0 Å². The van der Waals surface area contributed by atoms with E-state index in [2.05, 4.69) is 23.2 Å². The van der Waals surface area contributed by atoms with Crippen LogP contribution in [0.5, 0.6) is 11.5 Å². The summed E-state index contributed by atoms with van der Waals surface area (Å²) in [5, 5.41) is 3.22. The van der Waals surface area contributed by atoms with Crippen LogP contribution in [0, 0.1) is 0 Å². The summed E-state index contributed by atoms with van der Waals surface area (Å²) in [7, 11) is 5.31. The molecule has 21 heavy (non-hydrogen) atoms. The molecule has 1 aromatic carbocycles. The number of para-hydroxylation sites is 1. The number of morpholine rings is 1. The van der Waals surface area contributed by atoms with Gasteiger partial charge in [0.2, 0.25) is 0 Å². The molecule has 1 heterocycles. The number of methoxy groups -OCH3 is 2. The highest BCUT2D eigenvalue weighted by Gasteiger charge is 2.34. The Labute approximate surface area is 127 Å². The molecule has 0 bridgehead atoms. The Morgan fingerprint density at radius 3 is 2.76 bits per heavy atom. The van der Waals surface area contributed by atoms with E-state index in [1.54, 1.807) is 14.2 Å². The van der Waals surface area contributed by atoms with Gasteiger partial charge in [-0.25, -0.2) is 0 Å². The van der Waals surface area contributed by atoms with Crippen LogP contribution in [0.1, 0.15) is 18.5 Å². The lowest BCUT2D eigenvalue weighted by Crippen LogP contribution is -2.48. The van der Waals surface area contributed by atoms with Crippen LogP contribution in [0.15, 0.2) is 18.2 Å². The molecule has 0 spiro atoms. The molecule has 2 rings (SSSR count). The standard InChI is InChI=1S/C16H26N2O3/c1-5-18-9-10-21-14(11-17-2)15(18)12-7-6-8-13(19-3)16(12)20-4/h6-8,14-15,17H,5,9-11H2,1-4H3. The fourth-order valence-electron chi connectivity index (χ4n) is 3.06. The first-order chi connectivity index (χ1) is 10.3. The fraction of sp³-hybridized carbons (Fsp3) is 0.625. The minimum Gasteiger partial charge on any atom is -0.493 e. The third-order valence-electron chi connectivity index (χ3n) is 4.02. The molecule has 1 aliphatic rings. The monoisotopic (exact) mass is 294 g/mol. The van der Waals surface area contributed by atoms with Crippen LogP contribution < -0.4 is 14.8 Å². The van der Waals surface area contributed by atoms with Crippen molar-refractivity contribution in [1.82, 2.24) is 10.2 Å². The van der Waals surface area contributed by atoms with E-state index in [0.29, 0.717) is 0 Å². The van der Waals surface area contributed by atoms with E-state index >= 15 is 0 Å². The van der Waals surface area contributed by atoms with E-state index in [0.717, 1.165) is 43.3 Å². The second-order valence-electron chi connectivity index (χ2n) is 5.12. The average molecular weight is 294 g/mol. The lowest BCUT2D eigenvalue weighted by molar-refractivity contribution is -0.0692. The third kappa shape index (κ3) is 3.31. The number of nitrogens with zero attached hydrogens (tertiary/aromatic N) is 1. The largest absolute Gasteiger partial charge is 0.493 e. The first-order valence-electron chi connectivity index (χ1n) is 7.47. The maximum atomic E-state index is 5.99. The maximum Gasteiger partial charge on any atom is 0.165 e. The summed E-state index contributed by atoms with van der Waals surface area (Å²) in [5.41, 5.74) is 1.12. The molecule has 0 aliphatic carbocycles. The molecule has 118 valence electrons. The third-order valence-corrected chi connectivity index (χ3v) is 4.02. The number of nitrogens with one attached hydrogen (secondary N) is 1. The van der Waals surface area contributed by atoms with E-state index < -0.39 is 0 Å². The highest BCUT2D eigenvalue weighted by Crippen LogP contribution is 2.40. The van der Waals surface area contributed by atoms with Gasteiger partial charge in [-0.3, -0.25) is 4.90 Å². The molecule has 1 fully saturated rings. The van der Waals surface area contributed by atoms with E-state index in [4.69, 9.17) is 14.2 Å². The summed E-state index contributed by atoms with van der Waals surface area (Å²) >= 11 is 0. The zero-order valence-electron chi connectivity index (χ0n) is 13.4. The first-order valence-corrected chi connectivity index (χ1v) is 7.47. The number of benzene rings is 1. The quantitative estimate of drug-likeness (QED) is 0.865. The zero-order chi connectivity index (χ0) is 15.2. The van der Waals surface area contributed by atoms with Crippen molar-refractivity contribution in [2.24, 2.45) is 0 Å². The van der Waals surface area contributed by atoms with Crippen molar-refractivity contribution in [2.45, 2.75) is 19.1 Å². The predicted octanol–water partition coefficient (Wildman–Crippen LogP) is 1.68. The van der Waals surface area contributed by atoms with Crippen molar-refractivity contribution in [3.05, 3.63) is 23.8 Å². The number of hydrogen-bond acceptors (Lipinski definition) is 5. The van der Waals surface area contributed by atoms with Crippen molar-refractivity contribution < 1.29 is 14.2 Å². The molecule has 5 heteroatoms. The van der Waals surface area contributed by atoms with Gasteiger partial charge < -0.3 is 19.5 Å². The van der Waals surface area contributed by atoms with Gasteiger partial charge in [-0.15, -0.1) is 0 Å². The lowest BCUT2D eigenvalue weighted by atomic mass is 9.96. The van der Waals surface area contributed by atoms with Gasteiger partial charge in [-0.2, -0.15) is 0 Å². The molecule has 0 aromatic heterocycles. The Hall–Kier alpha value is -1.30. The SMILES string of the molecule is CCN1CCOC(CNC)C1c1cccc(OC)c1OC. The summed E-state index contributed by atoms with van der Waals surface area (Å²) in [5.74, 6) is 1.56. The Balaban J connectivity index is 2.43. The Morgan fingerprint density at radius 1 is 1.33 bits per heavy atom. The molecule has 1 saturated heterocycles. The molecule has 1 aliphatic heterocycles. The topological polar surface area (TPSA) is 43.0 Å². The molecule has 0 amide bonds. The molecule has 0 radical (unpaired) electrons. The average Bonchev–Trinajstić information content (AvgIpc) is 2.54. The van der Waals surface area contributed by atoms with Gasteiger partial charge in [0.1, 0.15) is 0 Å². The van der Waals surface area contributed by atoms with Crippen molar-refractivity contribution in [1.29, 1.82) is 0 Å². The van der Waals surface area contributed by atoms with Crippen LogP contribution in [0.4, 0.5) is 0 Å². The Bertz CT molecular complexity index is 451. The molecule has 1 N–H and O–H groups in total. The Kier molecular flexibility index (Phi) is 5.85. The van der Waals surface area contributed by atoms with Gasteiger partial charge in [-0.05, 0) is 19.7 Å². The summed E-state index contributed by atoms with van der Waals surface area (Å²) in [4.78, 5) is 2.43. The van der Waals surface area contributed by atoms with Crippen molar-refractivity contribution >= 4 is 0 Å². The highest BCUT2D eigenvalue weighted by molar-refractivity contribution is 5.48. The van der Waals surface area contributed by atoms with Gasteiger partial charge in [0.25, 0.3) is 0 Å². The number of rotatable bonds is 6. The van der Waals surface area contributed by atoms with Crippen LogP contribution in [-0.4, -0.2) is 58.5 Å². The summed E-state index contributed by atoms with van der Waals surface area (Å²) in [6.45, 7) is 5.67. The second-order valence-corrected chi connectivity index (χ2v) is 5.12. The minimum atomic E-state index is 0.102. The molecular formula is C16H26N2O3. The molecule has 2 atom stereocenters. The minimum absolute atomic E-state index is 0.102. The molecule has 1 aromatic rings. The fourth-order valence-corrected chi connectivity index (χ4v) is 3.06. The second kappa shape index (κ2) is 7.64. The number of hydrogen-bond donors (Lipinski definition) is 1. The first kappa shape index (κ1) is 16.1. The highest BCUT2D eigenvalue weighted by atomic mass is 16.5. The number of likely N-dealkylation sites (N-methyl/N-ethyl adjacent to an activating group) is 2. The lowest BCUT2D eigenvalue weighted by Gasteiger charge is -2.41. The van der Waals surface area contributed by atoms with Gasteiger partial charge in [0.05, 0.1) is 33.0 Å². The van der Waals surface area contributed by atoms with Gasteiger partial charge in [0.15, 0.2) is 11.5 Å². The van der Waals surface area contributed by atoms with E-state index in [1.807, 2.05) is 19.2 Å². The van der Waals surface area contributed by atoms with Crippen LogP contribution >= 0.6 is 0 Å². The molecule has 2 unspecified atom stereocenters. The summed E-state index contributed by atoms with van der Waals surface area (Å²) in [6.07, 6.45) is 0.102. The van der Waals surface area contributed by atoms with Gasteiger partial charge in [0, 0.05) is 18.7 Å². The smallest absolute Gasteiger partial charge is 0.165 e. The van der Waals surface area contributed by atoms with Crippen LogP contribution in [0.25, 0.3) is 0 Å². The van der Waals surface area contributed by atoms with Crippen LogP contribution in [0.3, 0.4) is 0 Å². The summed E-state index contributed by atoms with van der Waals surface area (Å²) < 4.78 is 17.0. The normalized spacial score (nSPS) is 23.0. The summed E-state index contributed by atoms with van der Waals surface area (Å²) in [6, 6.07) is 6.21. The molecular weight excluding hydrogens is 268 g/mol. The van der Waals surface area contributed by atoms with Crippen molar-refractivity contribution in [3.63, 3.8) is 0 Å². The molecule has 5 nitrogen and oxygen atoms in total.